The van der Waals surface area contributed by atoms with Crippen LogP contribution in [0.25, 0.3) is 0 Å². The molecule has 0 spiro atoms. The highest BCUT2D eigenvalue weighted by atomic mass is 35.5. The molecule has 21 heavy (non-hydrogen) atoms. The van der Waals surface area contributed by atoms with E-state index in [1.54, 1.807) is 0 Å². The van der Waals surface area contributed by atoms with Crippen molar-refractivity contribution in [3.63, 3.8) is 0 Å². The second-order valence-electron chi connectivity index (χ2n) is 5.97. The van der Waals surface area contributed by atoms with Gasteiger partial charge >= 0.3 is 0 Å². The Kier molecular flexibility index (Phi) is 6.34. The number of benzene rings is 1. The molecule has 118 valence electrons. The van der Waals surface area contributed by atoms with Crippen LogP contribution in [-0.2, 0) is 6.54 Å². The van der Waals surface area contributed by atoms with E-state index in [-0.39, 0.29) is 0 Å². The lowest BCUT2D eigenvalue weighted by atomic mass is 9.85. The quantitative estimate of drug-likeness (QED) is 0.750. The molecule has 0 bridgehead atoms. The number of nitrogens with one attached hydrogen (secondary N) is 1. The third kappa shape index (κ3) is 4.87. The molecule has 0 radical (unpaired) electrons. The van der Waals surface area contributed by atoms with Crippen molar-refractivity contribution >= 4 is 11.6 Å². The first-order chi connectivity index (χ1) is 10.1. The molecule has 4 heteroatoms. The van der Waals surface area contributed by atoms with Crippen molar-refractivity contribution in [2.24, 2.45) is 0 Å². The minimum Gasteiger partial charge on any atom is -0.490 e. The van der Waals surface area contributed by atoms with Crippen LogP contribution in [0, 0.1) is 0 Å². The largest absolute Gasteiger partial charge is 0.490 e. The first-order valence-electron chi connectivity index (χ1n) is 7.98. The van der Waals surface area contributed by atoms with Crippen molar-refractivity contribution in [2.75, 3.05) is 13.2 Å². The van der Waals surface area contributed by atoms with Crippen molar-refractivity contribution in [3.8, 4) is 5.75 Å². The fourth-order valence-electron chi connectivity index (χ4n) is 2.80. The van der Waals surface area contributed by atoms with Crippen LogP contribution in [0.1, 0.15) is 51.0 Å². The molecule has 0 saturated heterocycles. The molecule has 0 amide bonds. The van der Waals surface area contributed by atoms with Gasteiger partial charge in [-0.25, -0.2) is 0 Å². The summed E-state index contributed by atoms with van der Waals surface area (Å²) in [6, 6.07) is 5.71. The molecular weight excluding hydrogens is 286 g/mol. The molecule has 1 aliphatic rings. The van der Waals surface area contributed by atoms with Crippen LogP contribution in [0.5, 0.6) is 5.75 Å². The molecule has 2 N–H and O–H groups in total. The Bertz CT molecular complexity index is 444. The summed E-state index contributed by atoms with van der Waals surface area (Å²) in [5, 5.41) is 14.6. The molecule has 0 aromatic heterocycles. The predicted octanol–water partition coefficient (Wildman–Crippen LogP) is 3.91. The maximum absolute atomic E-state index is 10.5. The topological polar surface area (TPSA) is 41.5 Å². The van der Waals surface area contributed by atoms with E-state index in [2.05, 4.69) is 12.2 Å². The third-order valence-electron chi connectivity index (χ3n) is 4.09. The number of halogens is 1. The zero-order chi connectivity index (χ0) is 15.1. The average Bonchev–Trinajstić information content (AvgIpc) is 2.48. The van der Waals surface area contributed by atoms with Crippen LogP contribution in [-0.4, -0.2) is 23.9 Å². The molecule has 1 aromatic rings. The van der Waals surface area contributed by atoms with Crippen molar-refractivity contribution < 1.29 is 9.84 Å². The monoisotopic (exact) mass is 311 g/mol. The number of ether oxygens (including phenoxy) is 1. The van der Waals surface area contributed by atoms with E-state index in [0.717, 1.165) is 50.0 Å². The van der Waals surface area contributed by atoms with Gasteiger partial charge in [-0.2, -0.15) is 0 Å². The van der Waals surface area contributed by atoms with Crippen molar-refractivity contribution in [1.82, 2.24) is 5.32 Å². The highest BCUT2D eigenvalue weighted by Crippen LogP contribution is 2.31. The van der Waals surface area contributed by atoms with E-state index in [0.29, 0.717) is 18.2 Å². The minimum atomic E-state index is -0.672. The Balaban J connectivity index is 1.99. The minimum absolute atomic E-state index is 0.355. The van der Waals surface area contributed by atoms with Gasteiger partial charge in [0, 0.05) is 17.1 Å². The molecule has 0 heterocycles. The highest BCUT2D eigenvalue weighted by Gasteiger charge is 2.30. The number of aliphatic hydroxyl groups is 1. The van der Waals surface area contributed by atoms with E-state index in [1.165, 1.54) is 6.42 Å². The Hall–Kier alpha value is -0.770. The van der Waals surface area contributed by atoms with Crippen molar-refractivity contribution in [2.45, 2.75) is 57.6 Å². The first kappa shape index (κ1) is 16.6. The van der Waals surface area contributed by atoms with Crippen molar-refractivity contribution in [1.29, 1.82) is 0 Å². The van der Waals surface area contributed by atoms with Crippen molar-refractivity contribution in [3.05, 3.63) is 28.8 Å². The summed E-state index contributed by atoms with van der Waals surface area (Å²) < 4.78 is 5.92. The molecule has 1 aromatic carbocycles. The molecule has 3 nitrogen and oxygen atoms in total. The fourth-order valence-corrected chi connectivity index (χ4v) is 3.03. The van der Waals surface area contributed by atoms with Crippen LogP contribution in [0.15, 0.2) is 18.2 Å². The summed E-state index contributed by atoms with van der Waals surface area (Å²) in [7, 11) is 0. The zero-order valence-corrected chi connectivity index (χ0v) is 13.6. The zero-order valence-electron chi connectivity index (χ0n) is 12.8. The Morgan fingerprint density at radius 3 is 2.76 bits per heavy atom. The number of hydrogen-bond donors (Lipinski definition) is 2. The maximum atomic E-state index is 10.5. The van der Waals surface area contributed by atoms with E-state index in [9.17, 15) is 5.11 Å². The molecule has 0 atom stereocenters. The summed E-state index contributed by atoms with van der Waals surface area (Å²) in [5.41, 5.74) is 0.307. The summed E-state index contributed by atoms with van der Waals surface area (Å²) in [6.45, 7) is 4.14. The number of rotatable bonds is 7. The van der Waals surface area contributed by atoms with E-state index >= 15 is 0 Å². The van der Waals surface area contributed by atoms with E-state index in [4.69, 9.17) is 16.3 Å². The van der Waals surface area contributed by atoms with Gasteiger partial charge in [0.25, 0.3) is 0 Å². The van der Waals surface area contributed by atoms with Crippen LogP contribution in [0.4, 0.5) is 0 Å². The molecule has 2 rings (SSSR count). The summed E-state index contributed by atoms with van der Waals surface area (Å²) >= 11 is 6.28. The smallest absolute Gasteiger partial charge is 0.125 e. The molecule has 1 aliphatic carbocycles. The van der Waals surface area contributed by atoms with Gasteiger partial charge in [-0.1, -0.05) is 43.9 Å². The van der Waals surface area contributed by atoms with E-state index in [1.807, 2.05) is 18.2 Å². The molecule has 1 saturated carbocycles. The molecule has 1 fully saturated rings. The summed E-state index contributed by atoms with van der Waals surface area (Å²) in [5.74, 6) is 0.783. The van der Waals surface area contributed by atoms with Gasteiger partial charge in [0.1, 0.15) is 12.4 Å². The lowest BCUT2D eigenvalue weighted by molar-refractivity contribution is -0.0341. The highest BCUT2D eigenvalue weighted by molar-refractivity contribution is 6.31. The van der Waals surface area contributed by atoms with E-state index < -0.39 is 5.60 Å². The predicted molar refractivity (Wildman–Crippen MR) is 87.0 cm³/mol. The maximum Gasteiger partial charge on any atom is 0.125 e. The Morgan fingerprint density at radius 1 is 1.29 bits per heavy atom. The Morgan fingerprint density at radius 2 is 2.05 bits per heavy atom. The molecule has 0 aliphatic heterocycles. The third-order valence-corrected chi connectivity index (χ3v) is 4.44. The van der Waals surface area contributed by atoms with Gasteiger partial charge in [-0.3, -0.25) is 0 Å². The van der Waals surface area contributed by atoms with Crippen LogP contribution in [0.3, 0.4) is 0 Å². The first-order valence-corrected chi connectivity index (χ1v) is 8.36. The standard InChI is InChI=1S/C17H26ClNO2/c1-2-11-19-12-14-15(18)7-6-8-16(14)21-13-17(20)9-4-3-5-10-17/h6-8,19-20H,2-5,9-13H2,1H3. The fraction of sp³-hybridized carbons (Fsp3) is 0.647. The number of hydrogen-bond acceptors (Lipinski definition) is 3. The molecule has 0 unspecified atom stereocenters. The summed E-state index contributed by atoms with van der Waals surface area (Å²) in [4.78, 5) is 0. The average molecular weight is 312 g/mol. The van der Waals surface area contributed by atoms with Crippen LogP contribution >= 0.6 is 11.6 Å². The molecular formula is C17H26ClNO2. The van der Waals surface area contributed by atoms with Crippen LogP contribution < -0.4 is 10.1 Å². The lowest BCUT2D eigenvalue weighted by Gasteiger charge is -2.32. The SMILES string of the molecule is CCCNCc1c(Cl)cccc1OCC1(O)CCCCC1. The van der Waals surface area contributed by atoms with Gasteiger partial charge < -0.3 is 15.2 Å². The lowest BCUT2D eigenvalue weighted by Crippen LogP contribution is -2.38. The van der Waals surface area contributed by atoms with Crippen LogP contribution in [0.2, 0.25) is 5.02 Å². The summed E-state index contributed by atoms with van der Waals surface area (Å²) in [6.07, 6.45) is 6.13. The second-order valence-corrected chi connectivity index (χ2v) is 6.37. The van der Waals surface area contributed by atoms with Gasteiger partial charge in [0.15, 0.2) is 0 Å². The van der Waals surface area contributed by atoms with Gasteiger partial charge in [0.05, 0.1) is 5.60 Å². The normalized spacial score (nSPS) is 17.7. The second kappa shape index (κ2) is 8.02. The van der Waals surface area contributed by atoms with Gasteiger partial charge in [-0.15, -0.1) is 0 Å². The van der Waals surface area contributed by atoms with Gasteiger partial charge in [-0.05, 0) is 37.9 Å². The van der Waals surface area contributed by atoms with Gasteiger partial charge in [0.2, 0.25) is 0 Å². The Labute approximate surface area is 132 Å².